The largest absolute Gasteiger partial charge is 0.351 e. The Morgan fingerprint density at radius 1 is 1.00 bits per heavy atom. The first-order valence-electron chi connectivity index (χ1n) is 9.11. The van der Waals surface area contributed by atoms with Crippen LogP contribution in [0.5, 0.6) is 0 Å². The van der Waals surface area contributed by atoms with E-state index in [0.29, 0.717) is 11.3 Å². The van der Waals surface area contributed by atoms with Crippen molar-refractivity contribution >= 4 is 33.4 Å². The van der Waals surface area contributed by atoms with E-state index in [2.05, 4.69) is 16.0 Å². The minimum atomic E-state index is -3.31. The number of urea groups is 1. The number of hydrogen-bond acceptors (Lipinski definition) is 5. The average molecular weight is 433 g/mol. The molecule has 2 aromatic carbocycles. The van der Waals surface area contributed by atoms with Crippen LogP contribution >= 0.6 is 0 Å². The molecule has 9 nitrogen and oxygen atoms in total. The van der Waals surface area contributed by atoms with E-state index in [0.717, 1.165) is 11.8 Å². The van der Waals surface area contributed by atoms with Gasteiger partial charge in [0.15, 0.2) is 0 Å². The average Bonchev–Trinajstić information content (AvgIpc) is 2.69. The summed E-state index contributed by atoms with van der Waals surface area (Å²) >= 11 is 0. The summed E-state index contributed by atoms with van der Waals surface area (Å²) in [6, 6.07) is 13.3. The van der Waals surface area contributed by atoms with Gasteiger partial charge in [-0.3, -0.25) is 9.59 Å². The van der Waals surface area contributed by atoms with Gasteiger partial charge in [-0.2, -0.15) is 0 Å². The van der Waals surface area contributed by atoms with Crippen molar-refractivity contribution in [3.05, 3.63) is 65.7 Å². The van der Waals surface area contributed by atoms with Crippen molar-refractivity contribution in [1.82, 2.24) is 10.6 Å². The second kappa shape index (κ2) is 10.4. The summed E-state index contributed by atoms with van der Waals surface area (Å²) < 4.78 is 23.0. The molecule has 0 aliphatic carbocycles. The highest BCUT2D eigenvalue weighted by Crippen LogP contribution is 2.09. The highest BCUT2D eigenvalue weighted by Gasteiger charge is 2.22. The first-order chi connectivity index (χ1) is 14.1. The van der Waals surface area contributed by atoms with Crippen LogP contribution in [0.15, 0.2) is 54.6 Å². The summed E-state index contributed by atoms with van der Waals surface area (Å²) in [5.74, 6) is -1.21. The number of nitrogens with one attached hydrogen (secondary N) is 3. The third kappa shape index (κ3) is 7.92. The lowest BCUT2D eigenvalue weighted by atomic mass is 10.1. The molecule has 0 heterocycles. The van der Waals surface area contributed by atoms with Gasteiger partial charge in [0.25, 0.3) is 5.91 Å². The van der Waals surface area contributed by atoms with Crippen LogP contribution in [0.2, 0.25) is 0 Å². The van der Waals surface area contributed by atoms with Crippen LogP contribution in [0.1, 0.15) is 22.3 Å². The van der Waals surface area contributed by atoms with E-state index in [4.69, 9.17) is 5.73 Å². The number of amides is 4. The van der Waals surface area contributed by atoms with Crippen molar-refractivity contribution in [2.75, 3.05) is 17.3 Å². The number of carbonyl (C=O) groups is 3. The fourth-order valence-electron chi connectivity index (χ4n) is 2.59. The summed E-state index contributed by atoms with van der Waals surface area (Å²) in [4.78, 5) is 35.9. The van der Waals surface area contributed by atoms with E-state index in [-0.39, 0.29) is 18.7 Å². The topological polar surface area (TPSA) is 147 Å². The van der Waals surface area contributed by atoms with E-state index >= 15 is 0 Å². The Morgan fingerprint density at radius 2 is 1.63 bits per heavy atom. The van der Waals surface area contributed by atoms with E-state index in [9.17, 15) is 22.8 Å². The molecule has 0 aliphatic heterocycles. The maximum absolute atomic E-state index is 12.6. The van der Waals surface area contributed by atoms with Gasteiger partial charge in [-0.15, -0.1) is 0 Å². The molecule has 0 spiro atoms. The number of hydrogen-bond donors (Lipinski definition) is 4. The molecule has 0 fully saturated rings. The van der Waals surface area contributed by atoms with Gasteiger partial charge in [-0.05, 0) is 36.2 Å². The van der Waals surface area contributed by atoms with Crippen molar-refractivity contribution in [3.8, 4) is 0 Å². The van der Waals surface area contributed by atoms with Crippen LogP contribution in [-0.4, -0.2) is 44.3 Å². The quantitative estimate of drug-likeness (QED) is 0.467. The zero-order chi connectivity index (χ0) is 22.1. The molecule has 0 bridgehead atoms. The van der Waals surface area contributed by atoms with E-state index in [1.807, 2.05) is 0 Å². The zero-order valence-corrected chi connectivity index (χ0v) is 17.2. The maximum atomic E-state index is 12.6. The molecule has 0 saturated heterocycles. The van der Waals surface area contributed by atoms with Crippen molar-refractivity contribution in [2.24, 2.45) is 5.73 Å². The molecule has 0 radical (unpaired) electrons. The SMILES string of the molecule is CS(=O)(=O)CC[C@@H](NC(=O)c1ccccc1)C(=O)NCc1ccc(NC(N)=O)cc1. The third-order valence-corrected chi connectivity index (χ3v) is 5.10. The van der Waals surface area contributed by atoms with Crippen LogP contribution in [0, 0.1) is 0 Å². The fraction of sp³-hybridized carbons (Fsp3) is 0.250. The highest BCUT2D eigenvalue weighted by molar-refractivity contribution is 7.90. The number of carbonyl (C=O) groups excluding carboxylic acids is 3. The van der Waals surface area contributed by atoms with Crippen LogP contribution in [0.4, 0.5) is 10.5 Å². The summed E-state index contributed by atoms with van der Waals surface area (Å²) in [5.41, 5.74) is 6.68. The standard InChI is InChI=1S/C20H24N4O5S/c1-30(28,29)12-11-17(24-18(25)15-5-3-2-4-6-15)19(26)22-13-14-7-9-16(10-8-14)23-20(21)27/h2-10,17H,11-13H2,1H3,(H,22,26)(H,24,25)(H3,21,23,27)/t17-/m1/s1. The third-order valence-electron chi connectivity index (χ3n) is 4.12. The Labute approximate surface area is 175 Å². The molecule has 4 amide bonds. The lowest BCUT2D eigenvalue weighted by Gasteiger charge is -2.18. The van der Waals surface area contributed by atoms with Gasteiger partial charge in [-0.1, -0.05) is 30.3 Å². The number of anilines is 1. The number of nitrogens with two attached hydrogens (primary N) is 1. The molecule has 2 rings (SSSR count). The van der Waals surface area contributed by atoms with Gasteiger partial charge in [-0.25, -0.2) is 13.2 Å². The van der Waals surface area contributed by atoms with Gasteiger partial charge >= 0.3 is 6.03 Å². The van der Waals surface area contributed by atoms with Crippen LogP contribution < -0.4 is 21.7 Å². The number of sulfone groups is 1. The van der Waals surface area contributed by atoms with E-state index < -0.39 is 33.7 Å². The van der Waals surface area contributed by atoms with Crippen molar-refractivity contribution in [1.29, 1.82) is 0 Å². The van der Waals surface area contributed by atoms with Gasteiger partial charge in [0.2, 0.25) is 5.91 Å². The van der Waals surface area contributed by atoms with Gasteiger partial charge in [0, 0.05) is 24.1 Å². The molecular formula is C20H24N4O5S. The molecule has 0 saturated carbocycles. The lowest BCUT2D eigenvalue weighted by Crippen LogP contribution is -2.47. The summed E-state index contributed by atoms with van der Waals surface area (Å²) in [6.45, 7) is 0.159. The smallest absolute Gasteiger partial charge is 0.316 e. The predicted molar refractivity (Wildman–Crippen MR) is 114 cm³/mol. The van der Waals surface area contributed by atoms with Gasteiger partial charge in [0.05, 0.1) is 5.75 Å². The van der Waals surface area contributed by atoms with Gasteiger partial charge in [0.1, 0.15) is 15.9 Å². The van der Waals surface area contributed by atoms with E-state index in [1.54, 1.807) is 54.6 Å². The molecule has 160 valence electrons. The molecule has 10 heteroatoms. The van der Waals surface area contributed by atoms with Gasteiger partial charge < -0.3 is 21.7 Å². The predicted octanol–water partition coefficient (Wildman–Crippen LogP) is 1.03. The Hall–Kier alpha value is -3.40. The van der Waals surface area contributed by atoms with Crippen molar-refractivity contribution in [2.45, 2.75) is 19.0 Å². The number of primary amides is 1. The monoisotopic (exact) mass is 432 g/mol. The fourth-order valence-corrected chi connectivity index (χ4v) is 3.26. The molecule has 30 heavy (non-hydrogen) atoms. The minimum absolute atomic E-state index is 0.0509. The Bertz CT molecular complexity index is 992. The molecule has 0 aromatic heterocycles. The molecule has 1 atom stereocenters. The molecular weight excluding hydrogens is 408 g/mol. The minimum Gasteiger partial charge on any atom is -0.351 e. The molecule has 5 N–H and O–H groups in total. The zero-order valence-electron chi connectivity index (χ0n) is 16.4. The Balaban J connectivity index is 2.02. The van der Waals surface area contributed by atoms with Crippen LogP contribution in [-0.2, 0) is 21.2 Å². The van der Waals surface area contributed by atoms with Crippen molar-refractivity contribution < 1.29 is 22.8 Å². The maximum Gasteiger partial charge on any atom is 0.316 e. The van der Waals surface area contributed by atoms with E-state index in [1.165, 1.54) is 0 Å². The summed E-state index contributed by atoms with van der Waals surface area (Å²) in [5, 5.41) is 7.72. The van der Waals surface area contributed by atoms with Crippen LogP contribution in [0.25, 0.3) is 0 Å². The first kappa shape index (κ1) is 22.9. The Morgan fingerprint density at radius 3 is 2.20 bits per heavy atom. The first-order valence-corrected chi connectivity index (χ1v) is 11.2. The van der Waals surface area contributed by atoms with Crippen LogP contribution in [0.3, 0.4) is 0 Å². The number of rotatable bonds is 9. The normalized spacial score (nSPS) is 11.9. The second-order valence-corrected chi connectivity index (χ2v) is 8.97. The number of benzene rings is 2. The summed E-state index contributed by atoms with van der Waals surface area (Å²) in [6.07, 6.45) is 1.02. The van der Waals surface area contributed by atoms with Crippen molar-refractivity contribution in [3.63, 3.8) is 0 Å². The lowest BCUT2D eigenvalue weighted by molar-refractivity contribution is -0.123. The molecule has 0 unspecified atom stereocenters. The second-order valence-electron chi connectivity index (χ2n) is 6.71. The Kier molecular flexibility index (Phi) is 7.93. The molecule has 0 aliphatic rings. The molecule has 2 aromatic rings. The summed E-state index contributed by atoms with van der Waals surface area (Å²) in [7, 11) is -3.31. The highest BCUT2D eigenvalue weighted by atomic mass is 32.2.